The van der Waals surface area contributed by atoms with Crippen molar-refractivity contribution in [2.75, 3.05) is 0 Å². The number of nitrogens with one attached hydrogen (secondary N) is 1. The zero-order valence-corrected chi connectivity index (χ0v) is 14.7. The van der Waals surface area contributed by atoms with Crippen LogP contribution in [0.3, 0.4) is 0 Å². The molecule has 0 aromatic heterocycles. The molecule has 145 valence electrons. The Hall–Kier alpha value is -3.04. The molecule has 0 atom stereocenters. The second-order valence-electron chi connectivity index (χ2n) is 6.59. The topological polar surface area (TPSA) is 102 Å². The Morgan fingerprint density at radius 2 is 1.81 bits per heavy atom. The third kappa shape index (κ3) is 4.99. The fourth-order valence-electron chi connectivity index (χ4n) is 2.32. The largest absolute Gasteiger partial charge is 0.476 e. The van der Waals surface area contributed by atoms with Gasteiger partial charge in [-0.15, -0.1) is 10.5 Å². The van der Waals surface area contributed by atoms with Crippen LogP contribution in [0.15, 0.2) is 35.1 Å². The number of hydrogen-bond acceptors (Lipinski definition) is 4. The summed E-state index contributed by atoms with van der Waals surface area (Å²) in [5, 5.41) is 14.6. The van der Waals surface area contributed by atoms with E-state index in [0.29, 0.717) is 0 Å². The van der Waals surface area contributed by atoms with E-state index in [1.54, 1.807) is 26.8 Å². The SMILES string of the molecule is CC(C)(C)OC(=O)NCc1ccccc1C1=C(C(=O)O)[N]N=C1C(F)(F)F. The van der Waals surface area contributed by atoms with Crippen molar-refractivity contribution in [2.24, 2.45) is 5.10 Å². The minimum atomic E-state index is -4.89. The van der Waals surface area contributed by atoms with Crippen LogP contribution >= 0.6 is 0 Å². The molecule has 2 N–H and O–H groups in total. The maximum Gasteiger partial charge on any atom is 0.435 e. The Morgan fingerprint density at radius 1 is 1.19 bits per heavy atom. The van der Waals surface area contributed by atoms with E-state index in [1.807, 2.05) is 0 Å². The van der Waals surface area contributed by atoms with Crippen LogP contribution in [0, 0.1) is 0 Å². The molecular weight excluding hydrogens is 367 g/mol. The molecule has 0 spiro atoms. The first-order valence-corrected chi connectivity index (χ1v) is 7.79. The number of carboxylic acid groups (broad SMARTS) is 1. The van der Waals surface area contributed by atoms with Crippen molar-refractivity contribution in [1.29, 1.82) is 0 Å². The Labute approximate surface area is 152 Å². The number of hydrogen-bond donors (Lipinski definition) is 2. The molecule has 0 saturated carbocycles. The van der Waals surface area contributed by atoms with E-state index in [2.05, 4.69) is 15.8 Å². The molecule has 1 aromatic rings. The third-order valence-electron chi connectivity index (χ3n) is 3.30. The van der Waals surface area contributed by atoms with Gasteiger partial charge in [-0.1, -0.05) is 24.3 Å². The Kier molecular flexibility index (Phi) is 5.48. The van der Waals surface area contributed by atoms with Gasteiger partial charge in [-0.25, -0.2) is 9.59 Å². The maximum atomic E-state index is 13.3. The van der Waals surface area contributed by atoms with Crippen molar-refractivity contribution in [3.63, 3.8) is 0 Å². The van der Waals surface area contributed by atoms with Crippen LogP contribution < -0.4 is 10.7 Å². The van der Waals surface area contributed by atoms with Crippen LogP contribution in [-0.4, -0.2) is 34.7 Å². The Morgan fingerprint density at radius 3 is 2.37 bits per heavy atom. The number of nitrogens with zero attached hydrogens (tertiary/aromatic N) is 2. The molecule has 1 radical (unpaired) electrons. The van der Waals surface area contributed by atoms with Gasteiger partial charge < -0.3 is 15.2 Å². The van der Waals surface area contributed by atoms with E-state index < -0.39 is 40.8 Å². The molecule has 1 aliphatic heterocycles. The summed E-state index contributed by atoms with van der Waals surface area (Å²) >= 11 is 0. The van der Waals surface area contributed by atoms with E-state index in [1.165, 1.54) is 18.2 Å². The number of carbonyl (C=O) groups excluding carboxylic acids is 1. The molecule has 1 aliphatic rings. The van der Waals surface area contributed by atoms with E-state index in [4.69, 9.17) is 4.74 Å². The fourth-order valence-corrected chi connectivity index (χ4v) is 2.32. The van der Waals surface area contributed by atoms with Crippen LogP contribution in [0.1, 0.15) is 31.9 Å². The van der Waals surface area contributed by atoms with E-state index in [0.717, 1.165) is 0 Å². The zero-order chi connectivity index (χ0) is 20.4. The number of alkyl halides is 3. The summed E-state index contributed by atoms with van der Waals surface area (Å²) in [6, 6.07) is 5.77. The quantitative estimate of drug-likeness (QED) is 0.833. The van der Waals surface area contributed by atoms with Gasteiger partial charge in [0.25, 0.3) is 0 Å². The van der Waals surface area contributed by atoms with Gasteiger partial charge in [-0.3, -0.25) is 0 Å². The summed E-state index contributed by atoms with van der Waals surface area (Å²) in [5.74, 6) is -1.64. The summed E-state index contributed by atoms with van der Waals surface area (Å²) in [6.07, 6.45) is -5.65. The highest BCUT2D eigenvalue weighted by Gasteiger charge is 2.45. The van der Waals surface area contributed by atoms with Gasteiger partial charge in [0.2, 0.25) is 0 Å². The van der Waals surface area contributed by atoms with E-state index >= 15 is 0 Å². The highest BCUT2D eigenvalue weighted by atomic mass is 19.4. The van der Waals surface area contributed by atoms with Crippen molar-refractivity contribution < 1.29 is 32.6 Å². The average Bonchev–Trinajstić information content (AvgIpc) is 2.96. The van der Waals surface area contributed by atoms with Crippen LogP contribution in [-0.2, 0) is 16.1 Å². The number of alkyl carbamates (subject to hydrolysis) is 1. The summed E-state index contributed by atoms with van der Waals surface area (Å²) in [5.41, 5.74) is -0.222. The molecule has 0 bridgehead atoms. The number of allylic oxidation sites excluding steroid dienone is 1. The lowest BCUT2D eigenvalue weighted by atomic mass is 9.94. The molecule has 0 aliphatic carbocycles. The number of halogens is 3. The summed E-state index contributed by atoms with van der Waals surface area (Å²) in [6.45, 7) is 4.82. The number of carboxylic acids is 1. The first kappa shape index (κ1) is 20.3. The zero-order valence-electron chi connectivity index (χ0n) is 14.7. The molecule has 1 aromatic carbocycles. The Bertz CT molecular complexity index is 823. The molecule has 0 unspecified atom stereocenters. The van der Waals surface area contributed by atoms with Crippen molar-refractivity contribution in [2.45, 2.75) is 39.1 Å². The second-order valence-corrected chi connectivity index (χ2v) is 6.59. The molecular formula is C17H17F3N3O4. The molecule has 1 amide bonds. The van der Waals surface area contributed by atoms with Gasteiger partial charge in [0.15, 0.2) is 11.4 Å². The standard InChI is InChI=1S/C17H17F3N3O4/c1-16(2,3)27-15(26)21-8-9-6-4-5-7-10(9)11-12(14(24)25)22-23-13(11)17(18,19)20/h4-7H,8H2,1-3H3,(H,21,26)(H,24,25). The van der Waals surface area contributed by atoms with Crippen LogP contribution in [0.2, 0.25) is 0 Å². The molecule has 7 nitrogen and oxygen atoms in total. The molecule has 10 heteroatoms. The third-order valence-corrected chi connectivity index (χ3v) is 3.30. The second kappa shape index (κ2) is 7.29. The molecule has 27 heavy (non-hydrogen) atoms. The van der Waals surface area contributed by atoms with Crippen molar-refractivity contribution in [3.8, 4) is 0 Å². The minimum Gasteiger partial charge on any atom is -0.476 e. The molecule has 0 fully saturated rings. The number of rotatable bonds is 4. The average molecular weight is 384 g/mol. The lowest BCUT2D eigenvalue weighted by Crippen LogP contribution is -2.32. The number of benzene rings is 1. The van der Waals surface area contributed by atoms with Crippen molar-refractivity contribution in [1.82, 2.24) is 10.7 Å². The van der Waals surface area contributed by atoms with Gasteiger partial charge in [0.05, 0.1) is 0 Å². The van der Waals surface area contributed by atoms with Crippen molar-refractivity contribution in [3.05, 3.63) is 41.1 Å². The summed E-state index contributed by atoms with van der Waals surface area (Å²) in [4.78, 5) is 23.1. The monoisotopic (exact) mass is 384 g/mol. The van der Waals surface area contributed by atoms with Crippen LogP contribution in [0.4, 0.5) is 18.0 Å². The van der Waals surface area contributed by atoms with Gasteiger partial charge in [-0.2, -0.15) is 13.2 Å². The van der Waals surface area contributed by atoms with Crippen LogP contribution in [0.5, 0.6) is 0 Å². The predicted molar refractivity (Wildman–Crippen MR) is 89.7 cm³/mol. The number of ether oxygens (including phenoxy) is 1. The predicted octanol–water partition coefficient (Wildman–Crippen LogP) is 3.04. The minimum absolute atomic E-state index is 0.0386. The smallest absolute Gasteiger partial charge is 0.435 e. The van der Waals surface area contributed by atoms with Crippen molar-refractivity contribution >= 4 is 23.3 Å². The van der Waals surface area contributed by atoms with Gasteiger partial charge in [-0.05, 0) is 31.9 Å². The number of aliphatic carboxylic acids is 1. The van der Waals surface area contributed by atoms with Gasteiger partial charge >= 0.3 is 18.2 Å². The highest BCUT2D eigenvalue weighted by molar-refractivity contribution is 6.32. The lowest BCUT2D eigenvalue weighted by Gasteiger charge is -2.20. The molecule has 2 rings (SSSR count). The first-order valence-electron chi connectivity index (χ1n) is 7.79. The fraction of sp³-hybridized carbons (Fsp3) is 0.353. The Balaban J connectivity index is 2.38. The van der Waals surface area contributed by atoms with Gasteiger partial charge in [0.1, 0.15) is 5.60 Å². The van der Waals surface area contributed by atoms with Gasteiger partial charge in [0, 0.05) is 12.1 Å². The van der Waals surface area contributed by atoms with E-state index in [-0.39, 0.29) is 17.7 Å². The number of carbonyl (C=O) groups is 2. The van der Waals surface area contributed by atoms with E-state index in [9.17, 15) is 27.9 Å². The molecule has 1 heterocycles. The lowest BCUT2D eigenvalue weighted by molar-refractivity contribution is -0.133. The normalized spacial score (nSPS) is 14.5. The van der Waals surface area contributed by atoms with Crippen LogP contribution in [0.25, 0.3) is 5.57 Å². The highest BCUT2D eigenvalue weighted by Crippen LogP contribution is 2.35. The molecule has 0 saturated heterocycles. The maximum absolute atomic E-state index is 13.3. The summed E-state index contributed by atoms with van der Waals surface area (Å²) in [7, 11) is 0. The number of amides is 1. The first-order chi connectivity index (χ1) is 12.4. The summed E-state index contributed by atoms with van der Waals surface area (Å²) < 4.78 is 44.9.